The maximum Gasteiger partial charge on any atom is 0.164 e. The van der Waals surface area contributed by atoms with Gasteiger partial charge in [-0.15, -0.1) is 11.3 Å². The highest BCUT2D eigenvalue weighted by Gasteiger charge is 2.47. The van der Waals surface area contributed by atoms with Crippen LogP contribution in [0.5, 0.6) is 0 Å². The molecule has 0 spiro atoms. The Labute approximate surface area is 397 Å². The summed E-state index contributed by atoms with van der Waals surface area (Å²) in [5.41, 5.74) is 14.7. The Morgan fingerprint density at radius 1 is 0.309 bits per heavy atom. The molecule has 0 atom stereocenters. The van der Waals surface area contributed by atoms with E-state index in [1.807, 2.05) is 24.3 Å². The lowest BCUT2D eigenvalue weighted by Gasteiger charge is -2.34. The number of hydrogen-bond acceptors (Lipinski definition) is 6. The van der Waals surface area contributed by atoms with E-state index < -0.39 is 5.41 Å². The molecular formula is C62H39N5S. The lowest BCUT2D eigenvalue weighted by atomic mass is 9.67. The zero-order chi connectivity index (χ0) is 45.0. The minimum atomic E-state index is -0.666. The van der Waals surface area contributed by atoms with E-state index in [0.29, 0.717) is 23.3 Å². The summed E-state index contributed by atoms with van der Waals surface area (Å²) < 4.78 is 2.21. The predicted molar refractivity (Wildman–Crippen MR) is 278 cm³/mol. The first-order chi connectivity index (χ1) is 33.7. The van der Waals surface area contributed by atoms with Crippen LogP contribution in [0.2, 0.25) is 0 Å². The van der Waals surface area contributed by atoms with Crippen LogP contribution in [0.3, 0.4) is 0 Å². The maximum absolute atomic E-state index is 5.63. The van der Waals surface area contributed by atoms with Gasteiger partial charge in [-0.1, -0.05) is 212 Å². The molecule has 1 aliphatic carbocycles. The average molecular weight is 886 g/mol. The highest BCUT2D eigenvalue weighted by molar-refractivity contribution is 7.26. The summed E-state index contributed by atoms with van der Waals surface area (Å²) in [5, 5.41) is 1.10. The fourth-order valence-corrected chi connectivity index (χ4v) is 11.3. The second-order valence-corrected chi connectivity index (χ2v) is 18.2. The molecule has 12 aromatic rings. The first kappa shape index (κ1) is 39.6. The predicted octanol–water partition coefficient (Wildman–Crippen LogP) is 15.4. The molecule has 0 saturated heterocycles. The van der Waals surface area contributed by atoms with Crippen LogP contribution in [0.15, 0.2) is 237 Å². The Bertz CT molecular complexity index is 3800. The smallest absolute Gasteiger partial charge is 0.164 e. The van der Waals surface area contributed by atoms with Crippen molar-refractivity contribution < 1.29 is 0 Å². The average Bonchev–Trinajstić information content (AvgIpc) is 3.95. The molecule has 0 bridgehead atoms. The Kier molecular flexibility index (Phi) is 9.51. The Morgan fingerprint density at radius 3 is 1.53 bits per heavy atom. The van der Waals surface area contributed by atoms with Crippen LogP contribution < -0.4 is 0 Å². The van der Waals surface area contributed by atoms with Crippen molar-refractivity contribution in [3.8, 4) is 79.1 Å². The molecule has 0 fully saturated rings. The summed E-state index contributed by atoms with van der Waals surface area (Å²) in [7, 11) is 0. The fraction of sp³-hybridized carbons (Fsp3) is 0.0161. The van der Waals surface area contributed by atoms with E-state index in [2.05, 4.69) is 212 Å². The largest absolute Gasteiger partial charge is 0.226 e. The molecule has 9 aromatic carbocycles. The quantitative estimate of drug-likeness (QED) is 0.152. The van der Waals surface area contributed by atoms with E-state index >= 15 is 0 Å². The summed E-state index contributed by atoms with van der Waals surface area (Å²) in [5.74, 6) is 2.28. The number of nitrogens with zero attached hydrogens (tertiary/aromatic N) is 5. The van der Waals surface area contributed by atoms with Crippen molar-refractivity contribution in [2.24, 2.45) is 0 Å². The van der Waals surface area contributed by atoms with Crippen molar-refractivity contribution in [3.63, 3.8) is 0 Å². The number of hydrogen-bond donors (Lipinski definition) is 0. The van der Waals surface area contributed by atoms with Gasteiger partial charge < -0.3 is 0 Å². The number of aromatic nitrogens is 5. The monoisotopic (exact) mass is 885 g/mol. The zero-order valence-corrected chi connectivity index (χ0v) is 37.5. The maximum atomic E-state index is 5.63. The van der Waals surface area contributed by atoms with Gasteiger partial charge in [-0.05, 0) is 68.8 Å². The van der Waals surface area contributed by atoms with Crippen molar-refractivity contribution in [2.45, 2.75) is 5.41 Å². The Hall–Kier alpha value is -8.71. The van der Waals surface area contributed by atoms with Crippen molar-refractivity contribution in [3.05, 3.63) is 259 Å². The molecule has 3 aromatic heterocycles. The zero-order valence-electron chi connectivity index (χ0n) is 36.7. The molecule has 1 aliphatic rings. The lowest BCUT2D eigenvalue weighted by Crippen LogP contribution is -2.28. The van der Waals surface area contributed by atoms with Gasteiger partial charge in [-0.2, -0.15) is 0 Å². The second-order valence-electron chi connectivity index (χ2n) is 17.1. The van der Waals surface area contributed by atoms with Gasteiger partial charge in [-0.25, -0.2) is 24.9 Å². The minimum Gasteiger partial charge on any atom is -0.226 e. The molecule has 0 amide bonds. The van der Waals surface area contributed by atoms with Crippen LogP contribution in [0.1, 0.15) is 22.3 Å². The third-order valence-electron chi connectivity index (χ3n) is 13.2. The topological polar surface area (TPSA) is 64.5 Å². The molecule has 0 saturated carbocycles. The molecule has 0 aliphatic heterocycles. The molecule has 0 unspecified atom stereocenters. The van der Waals surface area contributed by atoms with E-state index in [9.17, 15) is 0 Å². The Morgan fingerprint density at radius 2 is 0.824 bits per heavy atom. The molecular weight excluding hydrogens is 847 g/mol. The molecule has 6 heteroatoms. The standard InChI is InChI=1S/C62H39N5S/c1-6-21-40(22-7-1)43-27-20-28-44(37-43)59-65-58(42-25-10-3-11-26-42)66-61(67-59)50-38-49-47-33-16-18-35-52(47)62(45-29-12-4-13-30-45,46-31-14-5-15-32-46)53(49)39-51(50)60-63-55(41-23-8-2-9-24-41)57-56(64-60)48-34-17-19-36-54(48)68-57/h1-39H. The SMILES string of the molecule is c1ccc(-c2cccc(-c3nc(-c4ccccc4)nc(-c4cc5c(cc4-c4nc(-c6ccccc6)c6sc7ccccc7c6n4)C(c4ccccc4)(c4ccccc4)c4ccccc4-5)n3)c2)cc1. The molecule has 3 heterocycles. The van der Waals surface area contributed by atoms with Gasteiger partial charge in [0.05, 0.1) is 21.3 Å². The number of benzene rings is 9. The third-order valence-corrected chi connectivity index (χ3v) is 14.4. The van der Waals surface area contributed by atoms with E-state index in [1.165, 1.54) is 16.7 Å². The molecule has 318 valence electrons. The van der Waals surface area contributed by atoms with Crippen molar-refractivity contribution in [2.75, 3.05) is 0 Å². The molecule has 0 radical (unpaired) electrons. The second kappa shape index (κ2) is 16.3. The first-order valence-corrected chi connectivity index (χ1v) is 23.6. The third kappa shape index (κ3) is 6.49. The number of fused-ring (bicyclic) bond motifs is 6. The van der Waals surface area contributed by atoms with Crippen LogP contribution in [0.25, 0.3) is 99.4 Å². The molecule has 68 heavy (non-hydrogen) atoms. The summed E-state index contributed by atoms with van der Waals surface area (Å²) in [6.45, 7) is 0. The van der Waals surface area contributed by atoms with Crippen LogP contribution in [-0.2, 0) is 5.41 Å². The molecule has 5 nitrogen and oxygen atoms in total. The van der Waals surface area contributed by atoms with Crippen molar-refractivity contribution >= 4 is 31.6 Å². The summed E-state index contributed by atoms with van der Waals surface area (Å²) in [4.78, 5) is 27.3. The summed E-state index contributed by atoms with van der Waals surface area (Å²) in [6.07, 6.45) is 0. The summed E-state index contributed by atoms with van der Waals surface area (Å²) in [6, 6.07) is 83.4. The summed E-state index contributed by atoms with van der Waals surface area (Å²) >= 11 is 1.73. The highest BCUT2D eigenvalue weighted by atomic mass is 32.1. The van der Waals surface area contributed by atoms with E-state index in [-0.39, 0.29) is 0 Å². The number of thiophene rings is 1. The van der Waals surface area contributed by atoms with Crippen LogP contribution >= 0.6 is 11.3 Å². The highest BCUT2D eigenvalue weighted by Crippen LogP contribution is 2.58. The lowest BCUT2D eigenvalue weighted by molar-refractivity contribution is 0.768. The normalized spacial score (nSPS) is 12.5. The van der Waals surface area contributed by atoms with Gasteiger partial charge in [0.2, 0.25) is 0 Å². The van der Waals surface area contributed by atoms with Gasteiger partial charge in [0.15, 0.2) is 23.3 Å². The van der Waals surface area contributed by atoms with Gasteiger partial charge in [0.25, 0.3) is 0 Å². The van der Waals surface area contributed by atoms with Gasteiger partial charge >= 0.3 is 0 Å². The van der Waals surface area contributed by atoms with Gasteiger partial charge in [0.1, 0.15) is 0 Å². The molecule has 0 N–H and O–H groups in total. The van der Waals surface area contributed by atoms with Crippen molar-refractivity contribution in [1.82, 2.24) is 24.9 Å². The Balaban J connectivity index is 1.16. The van der Waals surface area contributed by atoms with Crippen LogP contribution in [0.4, 0.5) is 0 Å². The van der Waals surface area contributed by atoms with E-state index in [4.69, 9.17) is 24.9 Å². The first-order valence-electron chi connectivity index (χ1n) is 22.8. The van der Waals surface area contributed by atoms with Gasteiger partial charge in [0, 0.05) is 37.9 Å². The van der Waals surface area contributed by atoms with Crippen LogP contribution in [0, 0.1) is 0 Å². The van der Waals surface area contributed by atoms with Crippen LogP contribution in [-0.4, -0.2) is 24.9 Å². The number of rotatable bonds is 8. The minimum absolute atomic E-state index is 0.534. The van der Waals surface area contributed by atoms with E-state index in [0.717, 1.165) is 81.6 Å². The fourth-order valence-electron chi connectivity index (χ4n) is 10.2. The van der Waals surface area contributed by atoms with E-state index in [1.54, 1.807) is 11.3 Å². The molecule has 13 rings (SSSR count). The van der Waals surface area contributed by atoms with Crippen molar-refractivity contribution in [1.29, 1.82) is 0 Å². The van der Waals surface area contributed by atoms with Gasteiger partial charge in [-0.3, -0.25) is 0 Å².